The van der Waals surface area contributed by atoms with Crippen LogP contribution in [0.5, 0.6) is 17.2 Å². The molecule has 2 N–H and O–H groups in total. The predicted octanol–water partition coefficient (Wildman–Crippen LogP) is 3.90. The molecule has 0 aliphatic rings. The third-order valence-corrected chi connectivity index (χ3v) is 4.20. The summed E-state index contributed by atoms with van der Waals surface area (Å²) in [6.07, 6.45) is 0. The van der Waals surface area contributed by atoms with Gasteiger partial charge in [0.1, 0.15) is 34.7 Å². The van der Waals surface area contributed by atoms with Gasteiger partial charge in [-0.05, 0) is 35.9 Å². The van der Waals surface area contributed by atoms with Crippen LogP contribution in [-0.4, -0.2) is 26.3 Å². The summed E-state index contributed by atoms with van der Waals surface area (Å²) in [5.74, 6) is 2.05. The molecule has 0 fully saturated rings. The first-order valence-corrected chi connectivity index (χ1v) is 8.18. The van der Waals surface area contributed by atoms with E-state index in [2.05, 4.69) is 11.1 Å². The van der Waals surface area contributed by atoms with E-state index < -0.39 is 0 Å². The Bertz CT molecular complexity index is 1000. The molecule has 0 atom stereocenters. The van der Waals surface area contributed by atoms with Crippen LogP contribution in [-0.2, 0) is 0 Å². The Hall–Kier alpha value is -3.72. The SMILES string of the molecule is COc1cc(OC)cc(-c2cc(-c3ccccc3OC)nc(N)c2C#N)c1. The fourth-order valence-electron chi connectivity index (χ4n) is 2.87. The van der Waals surface area contributed by atoms with Crippen LogP contribution in [0.3, 0.4) is 0 Å². The van der Waals surface area contributed by atoms with Gasteiger partial charge in [-0.2, -0.15) is 5.26 Å². The molecule has 1 heterocycles. The molecule has 0 spiro atoms. The topological polar surface area (TPSA) is 90.4 Å². The normalized spacial score (nSPS) is 10.1. The molecule has 0 saturated carbocycles. The van der Waals surface area contributed by atoms with E-state index in [-0.39, 0.29) is 5.82 Å². The van der Waals surface area contributed by atoms with Gasteiger partial charge in [0.15, 0.2) is 0 Å². The van der Waals surface area contributed by atoms with Gasteiger partial charge in [-0.15, -0.1) is 0 Å². The van der Waals surface area contributed by atoms with Crippen LogP contribution in [0.25, 0.3) is 22.4 Å². The lowest BCUT2D eigenvalue weighted by Gasteiger charge is -2.14. The molecular weight excluding hydrogens is 342 g/mol. The average Bonchev–Trinajstić information content (AvgIpc) is 2.72. The number of methoxy groups -OCH3 is 3. The number of rotatable bonds is 5. The second-order valence-electron chi connectivity index (χ2n) is 5.73. The molecule has 6 nitrogen and oxygen atoms in total. The van der Waals surface area contributed by atoms with Crippen molar-refractivity contribution < 1.29 is 14.2 Å². The van der Waals surface area contributed by atoms with Crippen LogP contribution < -0.4 is 19.9 Å². The Morgan fingerprint density at radius 2 is 1.56 bits per heavy atom. The monoisotopic (exact) mass is 361 g/mol. The Labute approximate surface area is 157 Å². The highest BCUT2D eigenvalue weighted by atomic mass is 16.5. The van der Waals surface area contributed by atoms with Gasteiger partial charge in [-0.25, -0.2) is 4.98 Å². The largest absolute Gasteiger partial charge is 0.497 e. The number of para-hydroxylation sites is 1. The van der Waals surface area contributed by atoms with Crippen LogP contribution in [0.4, 0.5) is 5.82 Å². The summed E-state index contributed by atoms with van der Waals surface area (Å²) in [4.78, 5) is 4.41. The van der Waals surface area contributed by atoms with E-state index in [0.29, 0.717) is 34.1 Å². The summed E-state index contributed by atoms with van der Waals surface area (Å²) in [6.45, 7) is 0. The van der Waals surface area contributed by atoms with Crippen LogP contribution in [0, 0.1) is 11.3 Å². The van der Waals surface area contributed by atoms with Crippen molar-refractivity contribution >= 4 is 5.82 Å². The molecule has 0 amide bonds. The van der Waals surface area contributed by atoms with Gasteiger partial charge >= 0.3 is 0 Å². The quantitative estimate of drug-likeness (QED) is 0.741. The zero-order valence-electron chi connectivity index (χ0n) is 15.3. The Morgan fingerprint density at radius 3 is 2.15 bits per heavy atom. The summed E-state index contributed by atoms with van der Waals surface area (Å²) in [5, 5.41) is 9.62. The fraction of sp³-hybridized carbons (Fsp3) is 0.143. The molecule has 0 radical (unpaired) electrons. The van der Waals surface area contributed by atoms with E-state index in [1.54, 1.807) is 27.4 Å². The third kappa shape index (κ3) is 3.48. The zero-order valence-corrected chi connectivity index (χ0v) is 15.3. The first-order valence-electron chi connectivity index (χ1n) is 8.18. The number of aromatic nitrogens is 1. The van der Waals surface area contributed by atoms with Gasteiger partial charge in [-0.3, -0.25) is 0 Å². The maximum atomic E-state index is 9.62. The van der Waals surface area contributed by atoms with E-state index >= 15 is 0 Å². The summed E-state index contributed by atoms with van der Waals surface area (Å²) >= 11 is 0. The Morgan fingerprint density at radius 1 is 0.889 bits per heavy atom. The first-order chi connectivity index (χ1) is 13.1. The predicted molar refractivity (Wildman–Crippen MR) is 104 cm³/mol. The fourth-order valence-corrected chi connectivity index (χ4v) is 2.87. The average molecular weight is 361 g/mol. The molecule has 3 rings (SSSR count). The van der Waals surface area contributed by atoms with E-state index in [1.165, 1.54) is 0 Å². The van der Waals surface area contributed by atoms with Gasteiger partial charge in [0, 0.05) is 17.2 Å². The minimum Gasteiger partial charge on any atom is -0.497 e. The second-order valence-corrected chi connectivity index (χ2v) is 5.73. The van der Waals surface area contributed by atoms with Crippen molar-refractivity contribution in [2.75, 3.05) is 27.1 Å². The third-order valence-electron chi connectivity index (χ3n) is 4.20. The molecule has 0 unspecified atom stereocenters. The number of nitrogens with two attached hydrogens (primary N) is 1. The Kier molecular flexibility index (Phi) is 5.13. The molecule has 136 valence electrons. The van der Waals surface area contributed by atoms with Crippen molar-refractivity contribution in [3.05, 3.63) is 54.1 Å². The first kappa shape index (κ1) is 18.1. The molecule has 27 heavy (non-hydrogen) atoms. The molecule has 3 aromatic rings. The lowest BCUT2D eigenvalue weighted by Crippen LogP contribution is -2.01. The van der Waals surface area contributed by atoms with E-state index in [4.69, 9.17) is 19.9 Å². The van der Waals surface area contributed by atoms with Gasteiger partial charge in [0.2, 0.25) is 0 Å². The van der Waals surface area contributed by atoms with Crippen LogP contribution in [0.1, 0.15) is 5.56 Å². The molecule has 0 saturated heterocycles. The minimum absolute atomic E-state index is 0.151. The number of hydrogen-bond donors (Lipinski definition) is 1. The number of ether oxygens (including phenoxy) is 3. The highest BCUT2D eigenvalue weighted by molar-refractivity contribution is 5.82. The maximum Gasteiger partial charge on any atom is 0.142 e. The van der Waals surface area contributed by atoms with Crippen molar-refractivity contribution in [1.29, 1.82) is 5.26 Å². The maximum absolute atomic E-state index is 9.62. The number of anilines is 1. The lowest BCUT2D eigenvalue weighted by atomic mass is 9.97. The molecule has 0 aliphatic carbocycles. The number of hydrogen-bond acceptors (Lipinski definition) is 6. The minimum atomic E-state index is 0.151. The Balaban J connectivity index is 2.27. The van der Waals surface area contributed by atoms with Crippen molar-refractivity contribution in [2.45, 2.75) is 0 Å². The van der Waals surface area contributed by atoms with Crippen LogP contribution >= 0.6 is 0 Å². The molecular formula is C21H19N3O3. The van der Waals surface area contributed by atoms with Gasteiger partial charge in [0.05, 0.1) is 27.0 Å². The molecule has 2 aromatic carbocycles. The number of nitrogen functional groups attached to an aromatic ring is 1. The highest BCUT2D eigenvalue weighted by Crippen LogP contribution is 2.37. The molecule has 0 bridgehead atoms. The molecule has 1 aromatic heterocycles. The van der Waals surface area contributed by atoms with Gasteiger partial charge < -0.3 is 19.9 Å². The van der Waals surface area contributed by atoms with Gasteiger partial charge in [0.25, 0.3) is 0 Å². The standard InChI is InChI=1S/C21H19N3O3/c1-25-14-8-13(9-15(10-14)26-2)17-11-19(24-21(23)18(17)12-22)16-6-4-5-7-20(16)27-3/h4-11H,1-3H3,(H2,23,24). The number of benzene rings is 2. The summed E-state index contributed by atoms with van der Waals surface area (Å²) in [7, 11) is 4.75. The van der Waals surface area contributed by atoms with Crippen molar-refractivity contribution in [1.82, 2.24) is 4.98 Å². The smallest absolute Gasteiger partial charge is 0.142 e. The summed E-state index contributed by atoms with van der Waals surface area (Å²) < 4.78 is 16.1. The van der Waals surface area contributed by atoms with Gasteiger partial charge in [-0.1, -0.05) is 12.1 Å². The highest BCUT2D eigenvalue weighted by Gasteiger charge is 2.16. The van der Waals surface area contributed by atoms with Crippen LogP contribution in [0.15, 0.2) is 48.5 Å². The van der Waals surface area contributed by atoms with E-state index in [1.807, 2.05) is 42.5 Å². The number of nitrogens with zero attached hydrogens (tertiary/aromatic N) is 2. The summed E-state index contributed by atoms with van der Waals surface area (Å²) in [6, 6.07) is 16.9. The molecule has 0 aliphatic heterocycles. The lowest BCUT2D eigenvalue weighted by molar-refractivity contribution is 0.394. The van der Waals surface area contributed by atoms with E-state index in [9.17, 15) is 5.26 Å². The number of pyridine rings is 1. The van der Waals surface area contributed by atoms with Crippen molar-refractivity contribution in [2.24, 2.45) is 0 Å². The van der Waals surface area contributed by atoms with Crippen LogP contribution in [0.2, 0.25) is 0 Å². The zero-order chi connectivity index (χ0) is 19.4. The molecule has 6 heteroatoms. The second kappa shape index (κ2) is 7.67. The van der Waals surface area contributed by atoms with Crippen molar-refractivity contribution in [3.8, 4) is 45.7 Å². The van der Waals surface area contributed by atoms with Crippen molar-refractivity contribution in [3.63, 3.8) is 0 Å². The number of nitriles is 1. The van der Waals surface area contributed by atoms with E-state index in [0.717, 1.165) is 11.1 Å². The summed E-state index contributed by atoms with van der Waals surface area (Å²) in [5.41, 5.74) is 9.18.